The minimum absolute atomic E-state index is 0.00952. The molecule has 0 amide bonds. The topological polar surface area (TPSA) is 102 Å². The number of aromatic hydroxyl groups is 1. The summed E-state index contributed by atoms with van der Waals surface area (Å²) in [5.41, 5.74) is 2.59. The third-order valence-corrected chi connectivity index (χ3v) is 4.65. The number of hydrogen-bond donors (Lipinski definition) is 2. The lowest BCUT2D eigenvalue weighted by atomic mass is 10.1. The Balaban J connectivity index is 2.35. The van der Waals surface area contributed by atoms with Crippen LogP contribution in [0.4, 0.5) is 5.69 Å². The molecule has 0 bridgehead atoms. The van der Waals surface area contributed by atoms with Crippen molar-refractivity contribution >= 4 is 21.9 Å². The first-order valence-corrected chi connectivity index (χ1v) is 9.41. The molecule has 25 heavy (non-hydrogen) atoms. The predicted octanol–water partition coefficient (Wildman–Crippen LogP) is 3.20. The van der Waals surface area contributed by atoms with Gasteiger partial charge in [-0.15, -0.1) is 0 Å². The molecule has 134 valence electrons. The van der Waals surface area contributed by atoms with Gasteiger partial charge in [-0.2, -0.15) is 0 Å². The molecule has 3 N–H and O–H groups in total. The highest BCUT2D eigenvalue weighted by molar-refractivity contribution is 7.89. The van der Waals surface area contributed by atoms with Crippen LogP contribution in [0.25, 0.3) is 0 Å². The Hall–Kier alpha value is -2.38. The Morgan fingerprint density at radius 3 is 2.56 bits per heavy atom. The zero-order valence-electron chi connectivity index (χ0n) is 14.5. The Kier molecular flexibility index (Phi) is 5.81. The average molecular weight is 362 g/mol. The number of aliphatic imine (C=N–C) groups is 1. The van der Waals surface area contributed by atoms with E-state index in [1.54, 1.807) is 19.1 Å². The number of sulfonamides is 1. The summed E-state index contributed by atoms with van der Waals surface area (Å²) in [4.78, 5) is 4.33. The molecule has 0 aliphatic heterocycles. The summed E-state index contributed by atoms with van der Waals surface area (Å²) in [6, 6.07) is 7.89. The van der Waals surface area contributed by atoms with Crippen molar-refractivity contribution in [1.82, 2.24) is 0 Å². The molecule has 0 aliphatic rings. The van der Waals surface area contributed by atoms with E-state index in [-0.39, 0.29) is 10.6 Å². The number of aryl methyl sites for hydroxylation is 1. The number of primary sulfonamides is 1. The second kappa shape index (κ2) is 7.67. The van der Waals surface area contributed by atoms with E-state index in [9.17, 15) is 13.5 Å². The van der Waals surface area contributed by atoms with Gasteiger partial charge in [-0.05, 0) is 55.7 Å². The van der Waals surface area contributed by atoms with Gasteiger partial charge in [0, 0.05) is 17.8 Å². The molecule has 0 saturated heterocycles. The highest BCUT2D eigenvalue weighted by Crippen LogP contribution is 2.27. The predicted molar refractivity (Wildman–Crippen MR) is 98.4 cm³/mol. The average Bonchev–Trinajstić information content (AvgIpc) is 2.54. The number of hydrogen-bond acceptors (Lipinski definition) is 5. The van der Waals surface area contributed by atoms with Gasteiger partial charge in [0.2, 0.25) is 10.0 Å². The Bertz CT molecular complexity index is 906. The number of benzene rings is 2. The zero-order chi connectivity index (χ0) is 18.6. The van der Waals surface area contributed by atoms with E-state index < -0.39 is 10.0 Å². The molecule has 0 aromatic heterocycles. The normalized spacial score (nSPS) is 11.8. The maximum Gasteiger partial charge on any atom is 0.238 e. The van der Waals surface area contributed by atoms with Crippen molar-refractivity contribution in [3.63, 3.8) is 0 Å². The molecule has 0 spiro atoms. The molecular weight excluding hydrogens is 340 g/mol. The molecule has 0 unspecified atom stereocenters. The third kappa shape index (κ3) is 4.80. The van der Waals surface area contributed by atoms with Crippen molar-refractivity contribution in [1.29, 1.82) is 0 Å². The van der Waals surface area contributed by atoms with E-state index >= 15 is 0 Å². The standard InChI is InChI=1S/C18H22N2O4S/c1-4-7-24-15-6-5-14(18(21)9-15)11-20-17-10-16(25(19,22)23)8-12(2)13(17)3/h5-6,8-11,21H,4,7H2,1-3H3,(H2,19,22,23). The maximum absolute atomic E-state index is 11.6. The summed E-state index contributed by atoms with van der Waals surface area (Å²) in [7, 11) is -3.81. The first kappa shape index (κ1) is 19.0. The van der Waals surface area contributed by atoms with Crippen LogP contribution < -0.4 is 9.88 Å². The molecule has 7 heteroatoms. The highest BCUT2D eigenvalue weighted by atomic mass is 32.2. The van der Waals surface area contributed by atoms with Gasteiger partial charge in [-0.25, -0.2) is 13.6 Å². The third-order valence-electron chi connectivity index (χ3n) is 3.76. The van der Waals surface area contributed by atoms with E-state index in [0.29, 0.717) is 23.6 Å². The lowest BCUT2D eigenvalue weighted by molar-refractivity contribution is 0.315. The molecule has 6 nitrogen and oxygen atoms in total. The van der Waals surface area contributed by atoms with E-state index in [2.05, 4.69) is 4.99 Å². The van der Waals surface area contributed by atoms with Crippen LogP contribution in [0.2, 0.25) is 0 Å². The van der Waals surface area contributed by atoms with E-state index in [1.807, 2.05) is 13.8 Å². The fourth-order valence-corrected chi connectivity index (χ4v) is 2.81. The van der Waals surface area contributed by atoms with E-state index in [1.165, 1.54) is 24.4 Å². The van der Waals surface area contributed by atoms with E-state index in [4.69, 9.17) is 9.88 Å². The molecule has 0 heterocycles. The maximum atomic E-state index is 11.6. The summed E-state index contributed by atoms with van der Waals surface area (Å²) < 4.78 is 28.6. The van der Waals surface area contributed by atoms with Crippen molar-refractivity contribution in [2.75, 3.05) is 6.61 Å². The summed E-state index contributed by atoms with van der Waals surface area (Å²) >= 11 is 0. The van der Waals surface area contributed by atoms with Crippen LogP contribution >= 0.6 is 0 Å². The van der Waals surface area contributed by atoms with Crippen LogP contribution in [-0.2, 0) is 10.0 Å². The van der Waals surface area contributed by atoms with Gasteiger partial charge in [0.05, 0.1) is 17.2 Å². The first-order valence-electron chi connectivity index (χ1n) is 7.86. The number of rotatable bonds is 6. The van der Waals surface area contributed by atoms with Crippen molar-refractivity contribution in [3.05, 3.63) is 47.0 Å². The van der Waals surface area contributed by atoms with Gasteiger partial charge in [0.1, 0.15) is 11.5 Å². The van der Waals surface area contributed by atoms with Crippen molar-refractivity contribution < 1.29 is 18.3 Å². The number of ether oxygens (including phenoxy) is 1. The van der Waals surface area contributed by atoms with Crippen LogP contribution in [0.15, 0.2) is 40.2 Å². The number of nitrogens with zero attached hydrogens (tertiary/aromatic N) is 1. The van der Waals surface area contributed by atoms with Crippen LogP contribution in [0.3, 0.4) is 0 Å². The van der Waals surface area contributed by atoms with Gasteiger partial charge in [0.15, 0.2) is 0 Å². The molecule has 2 rings (SSSR count). The lowest BCUT2D eigenvalue weighted by Crippen LogP contribution is -2.12. The number of phenols is 1. The fourth-order valence-electron chi connectivity index (χ4n) is 2.19. The Labute approximate surface area is 148 Å². The number of phenolic OH excluding ortho intramolecular Hbond substituents is 1. The molecule has 0 saturated carbocycles. The Morgan fingerprint density at radius 1 is 1.24 bits per heavy atom. The summed E-state index contributed by atoms with van der Waals surface area (Å²) in [6.07, 6.45) is 2.36. The van der Waals surface area contributed by atoms with Gasteiger partial charge >= 0.3 is 0 Å². The van der Waals surface area contributed by atoms with Gasteiger partial charge in [-0.1, -0.05) is 6.92 Å². The summed E-state index contributed by atoms with van der Waals surface area (Å²) in [6.45, 7) is 6.21. The van der Waals surface area contributed by atoms with Crippen LogP contribution in [0.1, 0.15) is 30.0 Å². The Morgan fingerprint density at radius 2 is 1.96 bits per heavy atom. The van der Waals surface area contributed by atoms with Crippen LogP contribution in [0.5, 0.6) is 11.5 Å². The molecule has 0 fully saturated rings. The zero-order valence-corrected chi connectivity index (χ0v) is 15.3. The minimum atomic E-state index is -3.81. The van der Waals surface area contributed by atoms with Gasteiger partial charge < -0.3 is 9.84 Å². The highest BCUT2D eigenvalue weighted by Gasteiger charge is 2.12. The quantitative estimate of drug-likeness (QED) is 0.770. The van der Waals surface area contributed by atoms with Gasteiger partial charge in [-0.3, -0.25) is 4.99 Å². The summed E-state index contributed by atoms with van der Waals surface area (Å²) in [5, 5.41) is 15.3. The first-order chi connectivity index (χ1) is 11.7. The summed E-state index contributed by atoms with van der Waals surface area (Å²) in [5.74, 6) is 0.620. The molecule has 0 aliphatic carbocycles. The molecule has 0 radical (unpaired) electrons. The molecule has 2 aromatic rings. The van der Waals surface area contributed by atoms with Gasteiger partial charge in [0.25, 0.3) is 0 Å². The molecule has 0 atom stereocenters. The second-order valence-electron chi connectivity index (χ2n) is 5.76. The van der Waals surface area contributed by atoms with Crippen LogP contribution in [0, 0.1) is 13.8 Å². The van der Waals surface area contributed by atoms with Crippen molar-refractivity contribution in [2.24, 2.45) is 10.1 Å². The minimum Gasteiger partial charge on any atom is -0.507 e. The molecule has 2 aromatic carbocycles. The molecular formula is C18H22N2O4S. The van der Waals surface area contributed by atoms with Crippen molar-refractivity contribution in [2.45, 2.75) is 32.1 Å². The monoisotopic (exact) mass is 362 g/mol. The largest absolute Gasteiger partial charge is 0.507 e. The van der Waals surface area contributed by atoms with Crippen molar-refractivity contribution in [3.8, 4) is 11.5 Å². The fraction of sp³-hybridized carbons (Fsp3) is 0.278. The van der Waals surface area contributed by atoms with E-state index in [0.717, 1.165) is 17.5 Å². The SMILES string of the molecule is CCCOc1ccc(C=Nc2cc(S(N)(=O)=O)cc(C)c2C)c(O)c1. The lowest BCUT2D eigenvalue weighted by Gasteiger charge is -2.08. The second-order valence-corrected chi connectivity index (χ2v) is 7.32. The smallest absolute Gasteiger partial charge is 0.238 e. The number of nitrogens with two attached hydrogens (primary N) is 1. The van der Waals surface area contributed by atoms with Crippen LogP contribution in [-0.4, -0.2) is 26.3 Å².